The lowest BCUT2D eigenvalue weighted by molar-refractivity contribution is -0.141. The van der Waals surface area contributed by atoms with Gasteiger partial charge in [-0.05, 0) is 36.2 Å². The summed E-state index contributed by atoms with van der Waals surface area (Å²) in [6, 6.07) is 10.1. The average Bonchev–Trinajstić information content (AvgIpc) is 3.13. The molecule has 1 saturated heterocycles. The van der Waals surface area contributed by atoms with Gasteiger partial charge in [-0.25, -0.2) is 0 Å². The highest BCUT2D eigenvalue weighted by molar-refractivity contribution is 6.74. The zero-order valence-electron chi connectivity index (χ0n) is 18.3. The molecule has 29 heavy (non-hydrogen) atoms. The normalized spacial score (nSPS) is 27.3. The Labute approximate surface area is 175 Å². The maximum absolute atomic E-state index is 12.5. The molecule has 0 unspecified atom stereocenters. The van der Waals surface area contributed by atoms with Crippen LogP contribution in [0.5, 0.6) is 0 Å². The summed E-state index contributed by atoms with van der Waals surface area (Å²) < 4.78 is 12.2. The molecule has 0 bridgehead atoms. The van der Waals surface area contributed by atoms with E-state index in [-0.39, 0.29) is 40.8 Å². The standard InChI is InChI=1S/C24H34O4Si/c1-24(2,3)29(4,5)28-22-16-21-20(15-23(26)27-21)19(22)14-13-18(25)12-11-17-9-7-6-8-10-17/h6-10,13-14,19-22H,11-12,15-16H2,1-5H3/b14-13+/t19-,20-,21+,22-/m1/s1. The van der Waals surface area contributed by atoms with E-state index in [4.69, 9.17) is 9.16 Å². The Hall–Kier alpha value is -1.72. The Balaban J connectivity index is 1.68. The maximum Gasteiger partial charge on any atom is 0.306 e. The minimum Gasteiger partial charge on any atom is -0.462 e. The van der Waals surface area contributed by atoms with Crippen LogP contribution in [-0.4, -0.2) is 32.3 Å². The van der Waals surface area contributed by atoms with Gasteiger partial charge in [-0.2, -0.15) is 0 Å². The molecule has 5 heteroatoms. The van der Waals surface area contributed by atoms with Crippen molar-refractivity contribution in [2.24, 2.45) is 11.8 Å². The van der Waals surface area contributed by atoms with E-state index in [1.807, 2.05) is 36.4 Å². The first-order valence-corrected chi connectivity index (χ1v) is 13.6. The Morgan fingerprint density at radius 3 is 2.59 bits per heavy atom. The lowest BCUT2D eigenvalue weighted by Crippen LogP contribution is -2.45. The topological polar surface area (TPSA) is 52.6 Å². The van der Waals surface area contributed by atoms with Gasteiger partial charge in [0.05, 0.1) is 12.5 Å². The van der Waals surface area contributed by atoms with Gasteiger partial charge in [0.2, 0.25) is 0 Å². The average molecular weight is 415 g/mol. The third-order valence-electron chi connectivity index (χ3n) is 6.81. The van der Waals surface area contributed by atoms with Crippen LogP contribution in [0.2, 0.25) is 18.1 Å². The lowest BCUT2D eigenvalue weighted by atomic mass is 9.91. The molecule has 1 aliphatic heterocycles. The van der Waals surface area contributed by atoms with E-state index in [0.29, 0.717) is 12.8 Å². The van der Waals surface area contributed by atoms with Crippen LogP contribution in [0.4, 0.5) is 0 Å². The summed E-state index contributed by atoms with van der Waals surface area (Å²) in [6.45, 7) is 11.2. The summed E-state index contributed by atoms with van der Waals surface area (Å²) >= 11 is 0. The summed E-state index contributed by atoms with van der Waals surface area (Å²) in [7, 11) is -1.95. The monoisotopic (exact) mass is 414 g/mol. The number of rotatable bonds is 7. The zero-order chi connectivity index (χ0) is 21.2. The van der Waals surface area contributed by atoms with Crippen LogP contribution < -0.4 is 0 Å². The molecule has 0 spiro atoms. The number of fused-ring (bicyclic) bond motifs is 1. The van der Waals surface area contributed by atoms with Crippen molar-refractivity contribution >= 4 is 20.1 Å². The van der Waals surface area contributed by atoms with Crippen molar-refractivity contribution in [3.05, 3.63) is 48.0 Å². The molecule has 1 aliphatic carbocycles. The first-order valence-electron chi connectivity index (χ1n) is 10.7. The number of carbonyl (C=O) groups is 2. The predicted octanol–water partition coefficient (Wildman–Crippen LogP) is 5.09. The molecule has 0 aromatic heterocycles. The predicted molar refractivity (Wildman–Crippen MR) is 117 cm³/mol. The van der Waals surface area contributed by atoms with Crippen molar-refractivity contribution in [2.75, 3.05) is 0 Å². The molecule has 0 N–H and O–H groups in total. The summed E-state index contributed by atoms with van der Waals surface area (Å²) in [5.74, 6) is 0.171. The highest BCUT2D eigenvalue weighted by Gasteiger charge is 2.52. The summed E-state index contributed by atoms with van der Waals surface area (Å²) in [6.07, 6.45) is 6.03. The second-order valence-corrected chi connectivity index (χ2v) is 14.7. The second kappa shape index (κ2) is 8.56. The molecule has 3 rings (SSSR count). The van der Waals surface area contributed by atoms with E-state index >= 15 is 0 Å². The SMILES string of the molecule is CC(C)(C)[Si](C)(C)O[C@@H]1C[C@@H]2OC(=O)C[C@@H]2[C@H]1/C=C/C(=O)CCc1ccccc1. The number of esters is 1. The highest BCUT2D eigenvalue weighted by Crippen LogP contribution is 2.47. The first kappa shape index (κ1) is 22.0. The van der Waals surface area contributed by atoms with Gasteiger partial charge < -0.3 is 9.16 Å². The minimum absolute atomic E-state index is 0.0113. The molecule has 1 saturated carbocycles. The fraction of sp³-hybridized carbons (Fsp3) is 0.583. The van der Waals surface area contributed by atoms with Gasteiger partial charge in [-0.1, -0.05) is 57.2 Å². The van der Waals surface area contributed by atoms with E-state index in [1.165, 1.54) is 5.56 Å². The van der Waals surface area contributed by atoms with E-state index in [1.54, 1.807) is 6.08 Å². The largest absolute Gasteiger partial charge is 0.462 e. The Morgan fingerprint density at radius 1 is 1.24 bits per heavy atom. The quantitative estimate of drug-likeness (QED) is 0.354. The van der Waals surface area contributed by atoms with E-state index in [2.05, 4.69) is 33.9 Å². The molecule has 0 amide bonds. The molecule has 4 atom stereocenters. The third-order valence-corrected chi connectivity index (χ3v) is 11.3. The molecule has 1 aromatic rings. The van der Waals surface area contributed by atoms with Gasteiger partial charge in [-0.3, -0.25) is 9.59 Å². The molecule has 2 aliphatic rings. The van der Waals surface area contributed by atoms with Crippen molar-refractivity contribution in [1.29, 1.82) is 0 Å². The number of carbonyl (C=O) groups excluding carboxylic acids is 2. The summed E-state index contributed by atoms with van der Waals surface area (Å²) in [5, 5.41) is 0.112. The Kier molecular flexibility index (Phi) is 6.49. The van der Waals surface area contributed by atoms with Crippen molar-refractivity contribution in [1.82, 2.24) is 0 Å². The second-order valence-electron chi connectivity index (χ2n) is 9.94. The molecular weight excluding hydrogens is 380 g/mol. The molecular formula is C24H34O4Si. The van der Waals surface area contributed by atoms with Crippen LogP contribution in [0.3, 0.4) is 0 Å². The highest BCUT2D eigenvalue weighted by atomic mass is 28.4. The summed E-state index contributed by atoms with van der Waals surface area (Å²) in [4.78, 5) is 24.3. The van der Waals surface area contributed by atoms with Crippen LogP contribution in [0, 0.1) is 11.8 Å². The number of hydrogen-bond acceptors (Lipinski definition) is 4. The Bertz CT molecular complexity index is 763. The number of aryl methyl sites for hydroxylation is 1. The number of ether oxygens (including phenoxy) is 1. The molecule has 2 fully saturated rings. The van der Waals surface area contributed by atoms with Gasteiger partial charge in [-0.15, -0.1) is 0 Å². The van der Waals surface area contributed by atoms with E-state index < -0.39 is 8.32 Å². The number of hydrogen-bond donors (Lipinski definition) is 0. The van der Waals surface area contributed by atoms with Crippen LogP contribution >= 0.6 is 0 Å². The fourth-order valence-electron chi connectivity index (χ4n) is 4.06. The van der Waals surface area contributed by atoms with Crippen LogP contribution in [0.25, 0.3) is 0 Å². The number of benzene rings is 1. The van der Waals surface area contributed by atoms with Crippen molar-refractivity contribution in [3.8, 4) is 0 Å². The van der Waals surface area contributed by atoms with Crippen LogP contribution in [0.15, 0.2) is 42.5 Å². The van der Waals surface area contributed by atoms with Gasteiger partial charge in [0.1, 0.15) is 6.10 Å². The van der Waals surface area contributed by atoms with Crippen molar-refractivity contribution < 1.29 is 18.8 Å². The Morgan fingerprint density at radius 2 is 1.93 bits per heavy atom. The molecule has 4 nitrogen and oxygen atoms in total. The molecule has 0 radical (unpaired) electrons. The molecule has 158 valence electrons. The fourth-order valence-corrected chi connectivity index (χ4v) is 5.42. The van der Waals surface area contributed by atoms with Crippen molar-refractivity contribution in [3.63, 3.8) is 0 Å². The van der Waals surface area contributed by atoms with Gasteiger partial charge in [0, 0.05) is 24.7 Å². The summed E-state index contributed by atoms with van der Waals surface area (Å²) in [5.41, 5.74) is 1.17. The van der Waals surface area contributed by atoms with Crippen molar-refractivity contribution in [2.45, 2.75) is 76.8 Å². The maximum atomic E-state index is 12.5. The lowest BCUT2D eigenvalue weighted by Gasteiger charge is -2.39. The van der Waals surface area contributed by atoms with Gasteiger partial charge in [0.15, 0.2) is 14.1 Å². The molecule has 1 aromatic carbocycles. The smallest absolute Gasteiger partial charge is 0.306 e. The third kappa shape index (κ3) is 5.26. The van der Waals surface area contributed by atoms with E-state index in [9.17, 15) is 9.59 Å². The molecule has 1 heterocycles. The number of allylic oxidation sites excluding steroid dienone is 1. The van der Waals surface area contributed by atoms with E-state index in [0.717, 1.165) is 12.8 Å². The van der Waals surface area contributed by atoms with Gasteiger partial charge in [0.25, 0.3) is 0 Å². The number of ketones is 1. The van der Waals surface area contributed by atoms with Gasteiger partial charge >= 0.3 is 5.97 Å². The van der Waals surface area contributed by atoms with Crippen LogP contribution in [-0.2, 0) is 25.2 Å². The first-order chi connectivity index (χ1) is 13.6. The van der Waals surface area contributed by atoms with Crippen LogP contribution in [0.1, 0.15) is 45.6 Å². The zero-order valence-corrected chi connectivity index (χ0v) is 19.3. The minimum atomic E-state index is -1.95.